The van der Waals surface area contributed by atoms with Crippen LogP contribution in [0.15, 0.2) is 81.0 Å². The molecule has 0 saturated carbocycles. The van der Waals surface area contributed by atoms with Crippen LogP contribution in [-0.4, -0.2) is 15.3 Å². The topological polar surface area (TPSA) is 61.9 Å². The molecular weight excluding hydrogens is 484 g/mol. The third-order valence-corrected chi connectivity index (χ3v) is 7.15. The Kier molecular flexibility index (Phi) is 5.15. The van der Waals surface area contributed by atoms with Gasteiger partial charge in [0, 0.05) is 40.8 Å². The third kappa shape index (κ3) is 3.44. The summed E-state index contributed by atoms with van der Waals surface area (Å²) >= 11 is 5.05. The fourth-order valence-corrected chi connectivity index (χ4v) is 5.64. The first-order valence-electron chi connectivity index (χ1n) is 10.4. The van der Waals surface area contributed by atoms with E-state index < -0.39 is 0 Å². The number of Topliss-reactive ketones (excluding diaryl/α,β-unsaturated/α-hetero) is 1. The molecule has 5 rings (SSSR count). The Labute approximate surface area is 199 Å². The third-order valence-electron chi connectivity index (χ3n) is 5.98. The lowest BCUT2D eigenvalue weighted by molar-refractivity contribution is -0.118. The number of hydrogen-bond acceptors (Lipinski definition) is 5. The molecule has 0 amide bonds. The van der Waals surface area contributed by atoms with E-state index >= 15 is 0 Å². The molecule has 0 radical (unpaired) electrons. The van der Waals surface area contributed by atoms with Crippen molar-refractivity contribution in [2.24, 2.45) is 5.41 Å². The van der Waals surface area contributed by atoms with Crippen LogP contribution in [0.5, 0.6) is 0 Å². The molecule has 1 aliphatic heterocycles. The summed E-state index contributed by atoms with van der Waals surface area (Å²) in [5, 5.41) is 14.5. The van der Waals surface area contributed by atoms with Crippen LogP contribution in [0.1, 0.15) is 38.2 Å². The summed E-state index contributed by atoms with van der Waals surface area (Å²) in [4.78, 5) is 20.3. The van der Waals surface area contributed by atoms with Gasteiger partial charge in [-0.25, -0.2) is 4.98 Å². The fraction of sp³-hybridized carbons (Fsp3) is 0.240. The Hall–Kier alpha value is -2.95. The lowest BCUT2D eigenvalue weighted by atomic mass is 9.69. The van der Waals surface area contributed by atoms with Crippen LogP contribution in [0.4, 0.5) is 5.82 Å². The maximum Gasteiger partial charge on any atom is 0.162 e. The van der Waals surface area contributed by atoms with E-state index in [4.69, 9.17) is 0 Å². The van der Waals surface area contributed by atoms with Gasteiger partial charge >= 0.3 is 0 Å². The van der Waals surface area contributed by atoms with Crippen LogP contribution in [0, 0.1) is 16.7 Å². The van der Waals surface area contributed by atoms with Crippen LogP contribution < -0.4 is 4.90 Å². The van der Waals surface area contributed by atoms with Crippen LogP contribution >= 0.6 is 27.3 Å². The van der Waals surface area contributed by atoms with Crippen molar-refractivity contribution >= 4 is 44.7 Å². The minimum atomic E-state index is -0.381. The van der Waals surface area contributed by atoms with Gasteiger partial charge in [-0.3, -0.25) is 9.69 Å². The predicted octanol–water partition coefficient (Wildman–Crippen LogP) is 6.35. The number of hydrogen-bond donors (Lipinski definition) is 0. The van der Waals surface area contributed by atoms with Gasteiger partial charge < -0.3 is 4.57 Å². The number of aromatic nitrogens is 2. The van der Waals surface area contributed by atoms with Gasteiger partial charge in [-0.15, -0.1) is 0 Å². The van der Waals surface area contributed by atoms with Crippen LogP contribution in [0.2, 0.25) is 0 Å². The molecule has 3 aromatic heterocycles. The second kappa shape index (κ2) is 7.88. The molecule has 0 saturated heterocycles. The molecule has 0 unspecified atom stereocenters. The second-order valence-electron chi connectivity index (χ2n) is 8.90. The summed E-state index contributed by atoms with van der Waals surface area (Å²) < 4.78 is 2.83. The molecule has 3 aromatic rings. The lowest BCUT2D eigenvalue weighted by Crippen LogP contribution is -2.40. The first-order chi connectivity index (χ1) is 15.4. The lowest BCUT2D eigenvalue weighted by Gasteiger charge is -2.44. The number of thiophene rings is 1. The van der Waals surface area contributed by atoms with Gasteiger partial charge in [-0.2, -0.15) is 16.6 Å². The molecule has 0 fully saturated rings. The molecule has 7 heteroatoms. The standard InChI is InChI=1S/C25H21BrN4OS/c1-25(2)11-19-23(20(31)12-25)22(16-7-10-32-15-16)18(13-27)24(29-8-3-4-9-29)30(19)21-6-5-17(26)14-28-21/h3-10,14-15,22H,11-12H2,1-2H3/t22-/m1/s1. The summed E-state index contributed by atoms with van der Waals surface area (Å²) in [7, 11) is 0. The Balaban J connectivity index is 1.85. The first kappa shape index (κ1) is 20.9. The Bertz CT molecular complexity index is 1280. The maximum absolute atomic E-state index is 13.6. The Morgan fingerprint density at radius 2 is 2.00 bits per heavy atom. The highest BCUT2D eigenvalue weighted by atomic mass is 79.9. The highest BCUT2D eigenvalue weighted by Gasteiger charge is 2.45. The maximum atomic E-state index is 13.6. The van der Waals surface area contributed by atoms with Crippen molar-refractivity contribution in [3.05, 3.63) is 86.6 Å². The summed E-state index contributed by atoms with van der Waals surface area (Å²) in [5.74, 6) is 1.14. The van der Waals surface area contributed by atoms with Crippen molar-refractivity contribution in [2.75, 3.05) is 4.90 Å². The van der Waals surface area contributed by atoms with Gasteiger partial charge in [-0.05, 0) is 74.4 Å². The predicted molar refractivity (Wildman–Crippen MR) is 130 cm³/mol. The number of carbonyl (C=O) groups excluding carboxylic acids is 1. The molecule has 2 aliphatic rings. The van der Waals surface area contributed by atoms with Crippen LogP contribution in [-0.2, 0) is 4.79 Å². The zero-order chi connectivity index (χ0) is 22.5. The SMILES string of the molecule is CC1(C)CC(=O)C2=C(C1)N(c1ccc(Br)cn1)C(n1cccc1)=C(C#N)[C@H]2c1ccsc1. The van der Waals surface area contributed by atoms with Crippen LogP contribution in [0.25, 0.3) is 5.82 Å². The molecule has 32 heavy (non-hydrogen) atoms. The molecule has 1 aliphatic carbocycles. The number of carbonyl (C=O) groups is 1. The van der Waals surface area contributed by atoms with Crippen molar-refractivity contribution in [1.82, 2.24) is 9.55 Å². The van der Waals surface area contributed by atoms with E-state index in [1.54, 1.807) is 17.5 Å². The largest absolute Gasteiger partial charge is 0.309 e. The minimum absolute atomic E-state index is 0.105. The van der Waals surface area contributed by atoms with Gasteiger partial charge in [-0.1, -0.05) is 13.8 Å². The number of halogens is 1. The van der Waals surface area contributed by atoms with E-state index in [-0.39, 0.29) is 17.1 Å². The summed E-state index contributed by atoms with van der Waals surface area (Å²) in [6.07, 6.45) is 6.80. The van der Waals surface area contributed by atoms with Gasteiger partial charge in [0.1, 0.15) is 11.6 Å². The molecule has 4 heterocycles. The number of ketones is 1. The zero-order valence-corrected chi connectivity index (χ0v) is 20.2. The first-order valence-corrected chi connectivity index (χ1v) is 12.1. The van der Waals surface area contributed by atoms with Crippen molar-refractivity contribution in [3.63, 3.8) is 0 Å². The molecule has 0 aromatic carbocycles. The second-order valence-corrected chi connectivity index (χ2v) is 10.6. The van der Waals surface area contributed by atoms with Gasteiger partial charge in [0.25, 0.3) is 0 Å². The van der Waals surface area contributed by atoms with Crippen molar-refractivity contribution in [3.8, 4) is 6.07 Å². The summed E-state index contributed by atoms with van der Waals surface area (Å²) in [6.45, 7) is 4.25. The molecular formula is C25H21BrN4OS. The normalized spacial score (nSPS) is 20.4. The number of nitrogens with zero attached hydrogens (tertiary/aromatic N) is 4. The van der Waals surface area contributed by atoms with Crippen molar-refractivity contribution in [2.45, 2.75) is 32.6 Å². The minimum Gasteiger partial charge on any atom is -0.309 e. The van der Waals surface area contributed by atoms with E-state index in [2.05, 4.69) is 40.8 Å². The summed E-state index contributed by atoms with van der Waals surface area (Å²) in [6, 6.07) is 12.2. The Morgan fingerprint density at radius 3 is 2.62 bits per heavy atom. The molecule has 0 N–H and O–H groups in total. The number of rotatable bonds is 3. The average molecular weight is 505 g/mol. The van der Waals surface area contributed by atoms with E-state index in [1.165, 1.54) is 0 Å². The molecule has 0 bridgehead atoms. The quantitative estimate of drug-likeness (QED) is 0.417. The van der Waals surface area contributed by atoms with Crippen molar-refractivity contribution < 1.29 is 4.79 Å². The highest BCUT2D eigenvalue weighted by molar-refractivity contribution is 9.10. The number of nitriles is 1. The number of allylic oxidation sites excluding steroid dienone is 3. The smallest absolute Gasteiger partial charge is 0.162 e. The number of pyridine rings is 1. The van der Waals surface area contributed by atoms with Gasteiger partial charge in [0.05, 0.1) is 17.6 Å². The van der Waals surface area contributed by atoms with E-state index in [9.17, 15) is 10.1 Å². The van der Waals surface area contributed by atoms with Gasteiger partial charge in [0.2, 0.25) is 0 Å². The van der Waals surface area contributed by atoms with E-state index in [1.807, 2.05) is 63.0 Å². The van der Waals surface area contributed by atoms with Crippen LogP contribution in [0.3, 0.4) is 0 Å². The summed E-state index contributed by atoms with van der Waals surface area (Å²) in [5.41, 5.74) is 3.01. The van der Waals surface area contributed by atoms with Gasteiger partial charge in [0.15, 0.2) is 5.78 Å². The monoisotopic (exact) mass is 504 g/mol. The fourth-order valence-electron chi connectivity index (χ4n) is 4.72. The molecule has 5 nitrogen and oxygen atoms in total. The highest BCUT2D eigenvalue weighted by Crippen LogP contribution is 2.51. The van der Waals surface area contributed by atoms with Crippen molar-refractivity contribution in [1.29, 1.82) is 5.26 Å². The molecule has 1 atom stereocenters. The molecule has 0 spiro atoms. The molecule has 160 valence electrons. The van der Waals surface area contributed by atoms with E-state index in [0.29, 0.717) is 17.8 Å². The zero-order valence-electron chi connectivity index (χ0n) is 17.7. The van der Waals surface area contributed by atoms with E-state index in [0.717, 1.165) is 33.5 Å². The Morgan fingerprint density at radius 1 is 1.22 bits per heavy atom. The average Bonchev–Trinajstić information content (AvgIpc) is 3.46. The number of anilines is 1.